The maximum atomic E-state index is 12.7. The molecule has 1 aliphatic rings. The van der Waals surface area contributed by atoms with Gasteiger partial charge in [0.05, 0.1) is 27.4 Å². The molecular formula is C22H19N3O9S. The second kappa shape index (κ2) is 11.2. The summed E-state index contributed by atoms with van der Waals surface area (Å²) >= 11 is 0.627. The van der Waals surface area contributed by atoms with Crippen molar-refractivity contribution in [3.8, 4) is 11.5 Å². The highest BCUT2D eigenvalue weighted by molar-refractivity contribution is 8.18. The van der Waals surface area contributed by atoms with Crippen molar-refractivity contribution in [2.75, 3.05) is 13.2 Å². The number of para-hydroxylation sites is 1. The molecule has 1 saturated heterocycles. The van der Waals surface area contributed by atoms with Gasteiger partial charge in [-0.05, 0) is 36.4 Å². The second-order valence-corrected chi connectivity index (χ2v) is 8.14. The lowest BCUT2D eigenvalue weighted by atomic mass is 10.1. The predicted molar refractivity (Wildman–Crippen MR) is 125 cm³/mol. The number of benzene rings is 2. The van der Waals surface area contributed by atoms with Gasteiger partial charge in [-0.2, -0.15) is 0 Å². The monoisotopic (exact) mass is 501 g/mol. The van der Waals surface area contributed by atoms with E-state index in [1.165, 1.54) is 12.1 Å². The number of carbonyl (C=O) groups excluding carboxylic acids is 3. The Balaban J connectivity index is 1.84. The summed E-state index contributed by atoms with van der Waals surface area (Å²) in [6.07, 6.45) is 2.85. The first-order chi connectivity index (χ1) is 16.7. The van der Waals surface area contributed by atoms with Crippen LogP contribution in [0, 0.1) is 20.2 Å². The second-order valence-electron chi connectivity index (χ2n) is 7.15. The van der Waals surface area contributed by atoms with Gasteiger partial charge in [0.1, 0.15) is 12.3 Å². The molecule has 0 atom stereocenters. The molecule has 2 aromatic rings. The third kappa shape index (κ3) is 6.20. The van der Waals surface area contributed by atoms with Crippen LogP contribution < -0.4 is 4.74 Å². The van der Waals surface area contributed by atoms with Crippen LogP contribution in [0.2, 0.25) is 0 Å². The number of hydrogen-bond donors (Lipinski definition) is 0. The topological polar surface area (TPSA) is 159 Å². The van der Waals surface area contributed by atoms with Crippen LogP contribution in [0.25, 0.3) is 6.08 Å². The molecule has 12 nitrogen and oxygen atoms in total. The summed E-state index contributed by atoms with van der Waals surface area (Å²) in [5, 5.41) is 21.7. The van der Waals surface area contributed by atoms with Crippen molar-refractivity contribution in [2.24, 2.45) is 0 Å². The van der Waals surface area contributed by atoms with Crippen molar-refractivity contribution in [1.82, 2.24) is 4.90 Å². The summed E-state index contributed by atoms with van der Waals surface area (Å²) in [6, 6.07) is 9.19. The first-order valence-electron chi connectivity index (χ1n) is 10.3. The zero-order valence-corrected chi connectivity index (χ0v) is 19.2. The summed E-state index contributed by atoms with van der Waals surface area (Å²) < 4.78 is 10.7. The van der Waals surface area contributed by atoms with Gasteiger partial charge in [0, 0.05) is 11.6 Å². The molecule has 0 spiro atoms. The highest BCUT2D eigenvalue weighted by Crippen LogP contribution is 2.38. The van der Waals surface area contributed by atoms with E-state index >= 15 is 0 Å². The number of hydrogen-bond acceptors (Lipinski definition) is 10. The molecule has 0 radical (unpaired) electrons. The van der Waals surface area contributed by atoms with Crippen LogP contribution in [0.1, 0.15) is 25.3 Å². The van der Waals surface area contributed by atoms with Gasteiger partial charge in [0.25, 0.3) is 16.8 Å². The number of nitro benzene ring substituents is 2. The average Bonchev–Trinajstić information content (AvgIpc) is 3.07. The van der Waals surface area contributed by atoms with E-state index in [1.807, 2.05) is 6.92 Å². The minimum atomic E-state index is -0.810. The van der Waals surface area contributed by atoms with Crippen molar-refractivity contribution >= 4 is 46.3 Å². The Morgan fingerprint density at radius 3 is 2.51 bits per heavy atom. The number of ether oxygens (including phenoxy) is 2. The Hall–Kier alpha value is -4.26. The van der Waals surface area contributed by atoms with Gasteiger partial charge >= 0.3 is 11.7 Å². The molecule has 2 aromatic carbocycles. The third-order valence-electron chi connectivity index (χ3n) is 4.70. The van der Waals surface area contributed by atoms with E-state index in [9.17, 15) is 34.6 Å². The molecule has 1 aliphatic heterocycles. The van der Waals surface area contributed by atoms with Gasteiger partial charge in [-0.1, -0.05) is 31.5 Å². The van der Waals surface area contributed by atoms with Crippen LogP contribution in [-0.2, 0) is 14.3 Å². The van der Waals surface area contributed by atoms with E-state index in [4.69, 9.17) is 9.47 Å². The quantitative estimate of drug-likeness (QED) is 0.147. The molecule has 0 bridgehead atoms. The molecule has 0 aliphatic carbocycles. The van der Waals surface area contributed by atoms with Gasteiger partial charge in [-0.15, -0.1) is 0 Å². The molecule has 182 valence electrons. The maximum absolute atomic E-state index is 12.7. The summed E-state index contributed by atoms with van der Waals surface area (Å²) in [5.41, 5.74) is -0.772. The minimum Gasteiger partial charge on any atom is -0.464 e. The van der Waals surface area contributed by atoms with E-state index in [0.29, 0.717) is 23.7 Å². The molecule has 35 heavy (non-hydrogen) atoms. The van der Waals surface area contributed by atoms with E-state index in [2.05, 4.69) is 0 Å². The van der Waals surface area contributed by atoms with Gasteiger partial charge in [0.15, 0.2) is 0 Å². The van der Waals surface area contributed by atoms with Gasteiger partial charge < -0.3 is 9.47 Å². The van der Waals surface area contributed by atoms with Crippen LogP contribution in [0.3, 0.4) is 0 Å². The Labute approximate surface area is 202 Å². The number of rotatable bonds is 10. The molecule has 0 saturated carbocycles. The molecule has 1 fully saturated rings. The fourth-order valence-corrected chi connectivity index (χ4v) is 3.77. The Bertz CT molecular complexity index is 1230. The number of nitrogens with zero attached hydrogens (tertiary/aromatic N) is 3. The summed E-state index contributed by atoms with van der Waals surface area (Å²) in [7, 11) is 0. The number of unbranched alkanes of at least 4 members (excludes halogenated alkanes) is 1. The zero-order valence-electron chi connectivity index (χ0n) is 18.4. The van der Waals surface area contributed by atoms with Crippen molar-refractivity contribution in [2.45, 2.75) is 19.8 Å². The number of non-ortho nitro benzene ring substituents is 1. The van der Waals surface area contributed by atoms with Crippen LogP contribution in [-0.4, -0.2) is 45.0 Å². The third-order valence-corrected chi connectivity index (χ3v) is 5.60. The number of esters is 1. The maximum Gasteiger partial charge on any atom is 0.326 e. The predicted octanol–water partition coefficient (Wildman–Crippen LogP) is 4.67. The normalized spacial score (nSPS) is 14.3. The largest absolute Gasteiger partial charge is 0.464 e. The molecule has 0 unspecified atom stereocenters. The Kier molecular flexibility index (Phi) is 8.15. The molecule has 13 heteroatoms. The summed E-state index contributed by atoms with van der Waals surface area (Å²) in [6.45, 7) is 1.61. The lowest BCUT2D eigenvalue weighted by Crippen LogP contribution is -2.34. The van der Waals surface area contributed by atoms with E-state index in [-0.39, 0.29) is 23.0 Å². The summed E-state index contributed by atoms with van der Waals surface area (Å²) in [5.74, 6) is -1.53. The standard InChI is InChI=1S/C22H19N3O9S/c1-2-3-10-33-20(26)13-23-21(27)19(35-22(23)28)11-14-6-4-5-7-17(14)34-18-9-8-15(24(29)30)12-16(18)25(31)32/h4-9,11-12H,2-3,10,13H2,1H3/b19-11+. The van der Waals surface area contributed by atoms with Crippen molar-refractivity contribution in [3.63, 3.8) is 0 Å². The number of thioether (sulfide) groups is 1. The average molecular weight is 501 g/mol. The van der Waals surface area contributed by atoms with Gasteiger partial charge in [-0.25, -0.2) is 0 Å². The van der Waals surface area contributed by atoms with E-state index in [0.717, 1.165) is 29.5 Å². The van der Waals surface area contributed by atoms with Crippen LogP contribution in [0.15, 0.2) is 47.4 Å². The Morgan fingerprint density at radius 1 is 1.09 bits per heavy atom. The number of nitro groups is 2. The van der Waals surface area contributed by atoms with Gasteiger partial charge in [0.2, 0.25) is 5.75 Å². The highest BCUT2D eigenvalue weighted by atomic mass is 32.2. The van der Waals surface area contributed by atoms with E-state index in [1.54, 1.807) is 18.2 Å². The summed E-state index contributed by atoms with van der Waals surface area (Å²) in [4.78, 5) is 58.5. The fraction of sp³-hybridized carbons (Fsp3) is 0.227. The minimum absolute atomic E-state index is 0.0191. The lowest BCUT2D eigenvalue weighted by Gasteiger charge is -2.12. The van der Waals surface area contributed by atoms with Crippen molar-refractivity contribution in [3.05, 3.63) is 73.2 Å². The molecule has 0 N–H and O–H groups in total. The molecule has 3 rings (SSSR count). The van der Waals surface area contributed by atoms with E-state index < -0.39 is 44.9 Å². The number of carbonyl (C=O) groups is 3. The SMILES string of the molecule is CCCCOC(=O)CN1C(=O)S/C(=C/c2ccccc2Oc2ccc([N+](=O)[O-])cc2[N+](=O)[O-])C1=O. The van der Waals surface area contributed by atoms with Crippen molar-refractivity contribution < 1.29 is 33.7 Å². The number of amides is 2. The van der Waals surface area contributed by atoms with Crippen LogP contribution >= 0.6 is 11.8 Å². The smallest absolute Gasteiger partial charge is 0.326 e. The number of imide groups is 1. The highest BCUT2D eigenvalue weighted by Gasteiger charge is 2.37. The molecule has 1 heterocycles. The first-order valence-corrected chi connectivity index (χ1v) is 11.1. The Morgan fingerprint density at radius 2 is 1.83 bits per heavy atom. The molecule has 2 amide bonds. The van der Waals surface area contributed by atoms with Crippen LogP contribution in [0.5, 0.6) is 11.5 Å². The zero-order chi connectivity index (χ0) is 25.5. The first kappa shape index (κ1) is 25.4. The van der Waals surface area contributed by atoms with Gasteiger partial charge in [-0.3, -0.25) is 39.5 Å². The van der Waals surface area contributed by atoms with Crippen LogP contribution in [0.4, 0.5) is 16.2 Å². The molecular weight excluding hydrogens is 482 g/mol. The van der Waals surface area contributed by atoms with Crippen molar-refractivity contribution in [1.29, 1.82) is 0 Å². The fourth-order valence-electron chi connectivity index (χ4n) is 2.94. The molecule has 0 aromatic heterocycles. The lowest BCUT2D eigenvalue weighted by molar-refractivity contribution is -0.394.